The average Bonchev–Trinajstić information content (AvgIpc) is 3.00. The van der Waals surface area contributed by atoms with E-state index in [1.807, 2.05) is 24.3 Å². The van der Waals surface area contributed by atoms with Crippen molar-refractivity contribution in [3.8, 4) is 0 Å². The lowest BCUT2D eigenvalue weighted by Crippen LogP contribution is -2.20. The number of fused-ring (bicyclic) bond motifs is 1. The van der Waals surface area contributed by atoms with Crippen molar-refractivity contribution < 1.29 is 4.79 Å². The molecule has 0 radical (unpaired) electrons. The van der Waals surface area contributed by atoms with E-state index < -0.39 is 0 Å². The number of hydrazone groups is 1. The van der Waals surface area contributed by atoms with Crippen LogP contribution in [0.1, 0.15) is 12.5 Å². The van der Waals surface area contributed by atoms with Crippen LogP contribution in [0.15, 0.2) is 52.7 Å². The first-order valence-electron chi connectivity index (χ1n) is 7.94. The molecule has 0 bridgehead atoms. The molecule has 3 aromatic rings. The first kappa shape index (κ1) is 18.8. The lowest BCUT2D eigenvalue weighted by Gasteiger charge is -2.05. The summed E-state index contributed by atoms with van der Waals surface area (Å²) in [5.41, 5.74) is 5.03. The van der Waals surface area contributed by atoms with Gasteiger partial charge in [0.2, 0.25) is 0 Å². The normalized spacial score (nSPS) is 11.3. The first-order valence-corrected chi connectivity index (χ1v) is 9.68. The van der Waals surface area contributed by atoms with Gasteiger partial charge >= 0.3 is 0 Å². The van der Waals surface area contributed by atoms with Crippen LogP contribution in [0.4, 0.5) is 0 Å². The molecule has 0 aliphatic carbocycles. The third-order valence-electron chi connectivity index (χ3n) is 3.65. The van der Waals surface area contributed by atoms with Crippen LogP contribution in [-0.2, 0) is 11.3 Å². The van der Waals surface area contributed by atoms with Crippen LogP contribution in [0, 0.1) is 0 Å². The summed E-state index contributed by atoms with van der Waals surface area (Å²) in [5.74, 6) is -0.0270. The zero-order valence-corrected chi connectivity index (χ0v) is 16.3. The predicted octanol–water partition coefficient (Wildman–Crippen LogP) is 4.61. The molecule has 8 heteroatoms. The van der Waals surface area contributed by atoms with Gasteiger partial charge in [-0.25, -0.2) is 10.4 Å². The number of amides is 1. The summed E-state index contributed by atoms with van der Waals surface area (Å²) < 4.78 is 2.08. The van der Waals surface area contributed by atoms with E-state index in [-0.39, 0.29) is 11.7 Å². The van der Waals surface area contributed by atoms with Crippen LogP contribution in [0.25, 0.3) is 11.0 Å². The minimum atomic E-state index is -0.232. The molecule has 0 saturated heterocycles. The molecule has 1 N–H and O–H groups in total. The van der Waals surface area contributed by atoms with Gasteiger partial charge in [0.1, 0.15) is 0 Å². The van der Waals surface area contributed by atoms with E-state index in [9.17, 15) is 4.79 Å². The van der Waals surface area contributed by atoms with Gasteiger partial charge in [-0.3, -0.25) is 4.79 Å². The molecule has 5 nitrogen and oxygen atoms in total. The Hall–Kier alpha value is -2.02. The summed E-state index contributed by atoms with van der Waals surface area (Å²) >= 11 is 13.5. The fourth-order valence-corrected chi connectivity index (χ4v) is 3.80. The van der Waals surface area contributed by atoms with E-state index in [1.54, 1.807) is 18.2 Å². The van der Waals surface area contributed by atoms with Crippen LogP contribution in [0.3, 0.4) is 0 Å². The molecule has 0 spiro atoms. The number of carbonyl (C=O) groups is 1. The van der Waals surface area contributed by atoms with Crippen molar-refractivity contribution in [3.05, 3.63) is 58.1 Å². The number of hydrogen-bond acceptors (Lipinski definition) is 4. The summed E-state index contributed by atoms with van der Waals surface area (Å²) in [4.78, 5) is 16.6. The summed E-state index contributed by atoms with van der Waals surface area (Å²) in [7, 11) is 0. The zero-order valence-electron chi connectivity index (χ0n) is 13.9. The van der Waals surface area contributed by atoms with Crippen molar-refractivity contribution in [2.45, 2.75) is 18.6 Å². The van der Waals surface area contributed by atoms with Crippen LogP contribution < -0.4 is 5.43 Å². The summed E-state index contributed by atoms with van der Waals surface area (Å²) in [6, 6.07) is 13.1. The van der Waals surface area contributed by atoms with Gasteiger partial charge in [-0.1, -0.05) is 53.2 Å². The highest BCUT2D eigenvalue weighted by Crippen LogP contribution is 2.24. The highest BCUT2D eigenvalue weighted by atomic mass is 35.5. The van der Waals surface area contributed by atoms with Gasteiger partial charge in [-0.15, -0.1) is 0 Å². The molecule has 0 aliphatic heterocycles. The smallest absolute Gasteiger partial charge is 0.250 e. The number of imidazole rings is 1. The standard InChI is InChI=1S/C18H16Cl2N4OS/c1-2-24-16-9-4-3-8-15(16)22-18(24)26-11-17(25)23-21-10-12-13(19)6-5-7-14(12)20/h3-10H,2,11H2,1H3,(H,23,25)/b21-10+. The fraction of sp³-hybridized carbons (Fsp3) is 0.167. The van der Waals surface area contributed by atoms with Crippen LogP contribution >= 0.6 is 35.0 Å². The molecule has 1 aromatic heterocycles. The number of hydrogen-bond donors (Lipinski definition) is 1. The van der Waals surface area contributed by atoms with E-state index in [0.29, 0.717) is 15.6 Å². The van der Waals surface area contributed by atoms with Crippen molar-refractivity contribution in [2.75, 3.05) is 5.75 Å². The maximum Gasteiger partial charge on any atom is 0.250 e. The molecule has 0 atom stereocenters. The zero-order chi connectivity index (χ0) is 18.5. The number of thioether (sulfide) groups is 1. The summed E-state index contributed by atoms with van der Waals surface area (Å²) in [6.07, 6.45) is 1.44. The number of para-hydroxylation sites is 2. The van der Waals surface area contributed by atoms with E-state index in [2.05, 4.69) is 27.0 Å². The van der Waals surface area contributed by atoms with Crippen LogP contribution in [0.5, 0.6) is 0 Å². The third kappa shape index (κ3) is 4.20. The molecular weight excluding hydrogens is 391 g/mol. The number of benzene rings is 2. The Morgan fingerprint density at radius 2 is 1.96 bits per heavy atom. The number of nitrogens with one attached hydrogen (secondary N) is 1. The van der Waals surface area contributed by atoms with E-state index in [0.717, 1.165) is 22.7 Å². The molecule has 3 rings (SSSR count). The molecule has 0 unspecified atom stereocenters. The number of halogens is 2. The van der Waals surface area contributed by atoms with E-state index >= 15 is 0 Å². The predicted molar refractivity (Wildman–Crippen MR) is 108 cm³/mol. The van der Waals surface area contributed by atoms with E-state index in [1.165, 1.54) is 18.0 Å². The number of nitrogens with zero attached hydrogens (tertiary/aromatic N) is 3. The molecule has 0 fully saturated rings. The second kappa shape index (κ2) is 8.58. The van der Waals surface area contributed by atoms with Gasteiger partial charge < -0.3 is 4.57 Å². The van der Waals surface area contributed by atoms with Gasteiger partial charge in [-0.05, 0) is 31.2 Å². The Morgan fingerprint density at radius 3 is 2.69 bits per heavy atom. The van der Waals surface area contributed by atoms with Gasteiger partial charge in [-0.2, -0.15) is 5.10 Å². The SMILES string of the molecule is CCn1c(SCC(=O)N/N=C/c2c(Cl)cccc2Cl)nc2ccccc21. The van der Waals surface area contributed by atoms with Gasteiger partial charge in [0, 0.05) is 12.1 Å². The number of carbonyl (C=O) groups excluding carboxylic acids is 1. The first-order chi connectivity index (χ1) is 12.6. The highest BCUT2D eigenvalue weighted by molar-refractivity contribution is 7.99. The van der Waals surface area contributed by atoms with Gasteiger partial charge in [0.05, 0.1) is 33.0 Å². The lowest BCUT2D eigenvalue weighted by molar-refractivity contribution is -0.118. The van der Waals surface area contributed by atoms with Gasteiger partial charge in [0.15, 0.2) is 5.16 Å². The molecule has 1 heterocycles. The summed E-state index contributed by atoms with van der Waals surface area (Å²) in [6.45, 7) is 2.84. The fourth-order valence-electron chi connectivity index (χ4n) is 2.43. The van der Waals surface area contributed by atoms with Crippen LogP contribution in [-0.4, -0.2) is 27.4 Å². The molecule has 2 aromatic carbocycles. The van der Waals surface area contributed by atoms with Gasteiger partial charge in [0.25, 0.3) is 5.91 Å². The van der Waals surface area contributed by atoms with Crippen molar-refractivity contribution in [3.63, 3.8) is 0 Å². The van der Waals surface area contributed by atoms with Crippen molar-refractivity contribution in [1.29, 1.82) is 0 Å². The number of aromatic nitrogens is 2. The van der Waals surface area contributed by atoms with Crippen LogP contribution in [0.2, 0.25) is 10.0 Å². The number of rotatable bonds is 6. The van der Waals surface area contributed by atoms with Crippen molar-refractivity contribution in [1.82, 2.24) is 15.0 Å². The third-order valence-corrected chi connectivity index (χ3v) is 5.29. The monoisotopic (exact) mass is 406 g/mol. The molecule has 26 heavy (non-hydrogen) atoms. The molecular formula is C18H16Cl2N4OS. The minimum Gasteiger partial charge on any atom is -0.319 e. The Kier molecular flexibility index (Phi) is 6.19. The largest absolute Gasteiger partial charge is 0.319 e. The Morgan fingerprint density at radius 1 is 1.23 bits per heavy atom. The quantitative estimate of drug-likeness (QED) is 0.369. The highest BCUT2D eigenvalue weighted by Gasteiger charge is 2.11. The molecule has 134 valence electrons. The second-order valence-corrected chi connectivity index (χ2v) is 7.10. The lowest BCUT2D eigenvalue weighted by atomic mass is 10.2. The average molecular weight is 407 g/mol. The summed E-state index contributed by atoms with van der Waals surface area (Å²) in [5, 5.41) is 5.68. The number of aryl methyl sites for hydroxylation is 1. The van der Waals surface area contributed by atoms with E-state index in [4.69, 9.17) is 23.2 Å². The Bertz CT molecular complexity index is 951. The topological polar surface area (TPSA) is 59.3 Å². The Balaban J connectivity index is 1.62. The maximum absolute atomic E-state index is 12.0. The maximum atomic E-state index is 12.0. The van der Waals surface area contributed by atoms with Crippen molar-refractivity contribution in [2.24, 2.45) is 5.10 Å². The second-order valence-electron chi connectivity index (χ2n) is 5.34. The molecule has 1 amide bonds. The Labute approximate surface area is 165 Å². The van der Waals surface area contributed by atoms with Crippen molar-refractivity contribution >= 4 is 58.1 Å². The minimum absolute atomic E-state index is 0.205. The molecule has 0 aliphatic rings. The molecule has 0 saturated carbocycles.